The molecule has 1 heterocycles. The Hall–Kier alpha value is -0.0800. The van der Waals surface area contributed by atoms with Gasteiger partial charge in [-0.1, -0.05) is 40.0 Å². The summed E-state index contributed by atoms with van der Waals surface area (Å²) in [6, 6.07) is 0. The van der Waals surface area contributed by atoms with Gasteiger partial charge in [0.25, 0.3) is 0 Å². The largest absolute Gasteiger partial charge is 0.389 e. The van der Waals surface area contributed by atoms with E-state index in [4.69, 9.17) is 0 Å². The van der Waals surface area contributed by atoms with Gasteiger partial charge in [0.15, 0.2) is 0 Å². The number of rotatable bonds is 2. The van der Waals surface area contributed by atoms with Crippen LogP contribution in [0.3, 0.4) is 0 Å². The summed E-state index contributed by atoms with van der Waals surface area (Å²) in [7, 11) is 0. The molecule has 0 unspecified atom stereocenters. The van der Waals surface area contributed by atoms with Gasteiger partial charge in [-0.2, -0.15) is 0 Å². The van der Waals surface area contributed by atoms with E-state index >= 15 is 0 Å². The fourth-order valence-electron chi connectivity index (χ4n) is 3.03. The van der Waals surface area contributed by atoms with Crippen molar-refractivity contribution in [3.05, 3.63) is 0 Å². The smallest absolute Gasteiger partial charge is 0.0774 e. The summed E-state index contributed by atoms with van der Waals surface area (Å²) in [6.45, 7) is 10.3. The van der Waals surface area contributed by atoms with Gasteiger partial charge in [-0.25, -0.2) is 0 Å². The number of β-amino-alcohol motifs (C(OH)–C–C–N with tert-alkyl or cyclic N) is 1. The molecular weight excluding hydrogens is 198 g/mol. The van der Waals surface area contributed by atoms with Crippen LogP contribution in [0.1, 0.15) is 52.9 Å². The first-order valence-corrected chi connectivity index (χ1v) is 6.84. The molecule has 0 aromatic carbocycles. The second kappa shape index (κ2) is 4.30. The minimum atomic E-state index is -0.360. The second-order valence-electron chi connectivity index (χ2n) is 7.04. The topological polar surface area (TPSA) is 23.5 Å². The van der Waals surface area contributed by atoms with Crippen molar-refractivity contribution in [3.8, 4) is 0 Å². The zero-order chi connectivity index (χ0) is 11.8. The minimum Gasteiger partial charge on any atom is -0.389 e. The number of nitrogens with zero attached hydrogens (tertiary/aromatic N) is 1. The molecule has 0 aromatic rings. The van der Waals surface area contributed by atoms with E-state index in [0.717, 1.165) is 25.3 Å². The van der Waals surface area contributed by atoms with E-state index in [-0.39, 0.29) is 5.60 Å². The fraction of sp³-hybridized carbons (Fsp3) is 1.00. The molecule has 2 nitrogen and oxygen atoms in total. The molecule has 0 radical (unpaired) electrons. The van der Waals surface area contributed by atoms with Crippen molar-refractivity contribution < 1.29 is 5.11 Å². The summed E-state index contributed by atoms with van der Waals surface area (Å²) in [5.74, 6) is 0.819. The van der Waals surface area contributed by atoms with Crippen LogP contribution in [0.2, 0.25) is 0 Å². The Balaban J connectivity index is 1.76. The van der Waals surface area contributed by atoms with E-state index in [0.29, 0.717) is 5.41 Å². The van der Waals surface area contributed by atoms with Gasteiger partial charge in [-0.15, -0.1) is 0 Å². The van der Waals surface area contributed by atoms with Gasteiger partial charge in [0.2, 0.25) is 0 Å². The number of aliphatic hydroxyl groups is 1. The molecule has 1 aliphatic carbocycles. The minimum absolute atomic E-state index is 0.360. The third kappa shape index (κ3) is 2.78. The standard InChI is InChI=1S/C14H27NO/c1-13(2,3)12-9-15(10-12)11-14(16)7-5-4-6-8-14/h12,16H,4-11H2,1-3H3. The highest BCUT2D eigenvalue weighted by molar-refractivity contribution is 4.93. The van der Waals surface area contributed by atoms with Gasteiger partial charge in [0.1, 0.15) is 0 Å². The predicted octanol–water partition coefficient (Wildman–Crippen LogP) is 2.66. The van der Waals surface area contributed by atoms with E-state index in [9.17, 15) is 5.11 Å². The predicted molar refractivity (Wildman–Crippen MR) is 67.4 cm³/mol. The highest BCUT2D eigenvalue weighted by Gasteiger charge is 2.40. The van der Waals surface area contributed by atoms with Crippen molar-refractivity contribution in [1.29, 1.82) is 0 Å². The molecule has 16 heavy (non-hydrogen) atoms. The van der Waals surface area contributed by atoms with Gasteiger partial charge in [0, 0.05) is 19.6 Å². The molecule has 0 aromatic heterocycles. The average molecular weight is 225 g/mol. The van der Waals surface area contributed by atoms with Gasteiger partial charge >= 0.3 is 0 Å². The quantitative estimate of drug-likeness (QED) is 0.781. The van der Waals surface area contributed by atoms with E-state index in [2.05, 4.69) is 25.7 Å². The summed E-state index contributed by atoms with van der Waals surface area (Å²) in [5, 5.41) is 10.5. The fourth-order valence-corrected chi connectivity index (χ4v) is 3.03. The lowest BCUT2D eigenvalue weighted by atomic mass is 9.75. The Morgan fingerprint density at radius 1 is 1.12 bits per heavy atom. The van der Waals surface area contributed by atoms with E-state index in [1.165, 1.54) is 32.4 Å². The molecular formula is C14H27NO. The van der Waals surface area contributed by atoms with Crippen LogP contribution in [0.15, 0.2) is 0 Å². The molecule has 0 atom stereocenters. The molecule has 2 aliphatic rings. The molecule has 1 saturated heterocycles. The van der Waals surface area contributed by atoms with Crippen LogP contribution in [0, 0.1) is 11.3 Å². The lowest BCUT2D eigenvalue weighted by molar-refractivity contribution is -0.0697. The molecule has 2 fully saturated rings. The lowest BCUT2D eigenvalue weighted by Gasteiger charge is -2.49. The summed E-state index contributed by atoms with van der Waals surface area (Å²) < 4.78 is 0. The molecule has 0 bridgehead atoms. The second-order valence-corrected chi connectivity index (χ2v) is 7.04. The van der Waals surface area contributed by atoms with Crippen LogP contribution >= 0.6 is 0 Å². The maximum Gasteiger partial charge on any atom is 0.0774 e. The van der Waals surface area contributed by atoms with Crippen LogP contribution in [0.5, 0.6) is 0 Å². The van der Waals surface area contributed by atoms with Crippen molar-refractivity contribution >= 4 is 0 Å². The van der Waals surface area contributed by atoms with Crippen LogP contribution in [-0.4, -0.2) is 35.2 Å². The van der Waals surface area contributed by atoms with Crippen molar-refractivity contribution in [2.24, 2.45) is 11.3 Å². The normalized spacial score (nSPS) is 27.8. The van der Waals surface area contributed by atoms with Gasteiger partial charge in [-0.05, 0) is 24.2 Å². The third-order valence-electron chi connectivity index (χ3n) is 4.48. The van der Waals surface area contributed by atoms with Gasteiger partial charge in [0.05, 0.1) is 5.60 Å². The summed E-state index contributed by atoms with van der Waals surface area (Å²) >= 11 is 0. The van der Waals surface area contributed by atoms with Crippen molar-refractivity contribution in [2.75, 3.05) is 19.6 Å². The number of likely N-dealkylation sites (tertiary alicyclic amines) is 1. The highest BCUT2D eigenvalue weighted by Crippen LogP contribution is 2.36. The van der Waals surface area contributed by atoms with Gasteiger partial charge < -0.3 is 5.11 Å². The first-order valence-electron chi connectivity index (χ1n) is 6.84. The van der Waals surface area contributed by atoms with Crippen molar-refractivity contribution in [3.63, 3.8) is 0 Å². The molecule has 2 rings (SSSR count). The van der Waals surface area contributed by atoms with Crippen LogP contribution in [-0.2, 0) is 0 Å². The average Bonchev–Trinajstić information content (AvgIpc) is 2.10. The molecule has 1 aliphatic heterocycles. The summed E-state index contributed by atoms with van der Waals surface area (Å²) in [5.41, 5.74) is 0.0762. The maximum atomic E-state index is 10.5. The summed E-state index contributed by atoms with van der Waals surface area (Å²) in [6.07, 6.45) is 5.78. The third-order valence-corrected chi connectivity index (χ3v) is 4.48. The van der Waals surface area contributed by atoms with Crippen LogP contribution in [0.4, 0.5) is 0 Å². The highest BCUT2D eigenvalue weighted by atomic mass is 16.3. The number of hydrogen-bond acceptors (Lipinski definition) is 2. The molecule has 1 N–H and O–H groups in total. The number of hydrogen-bond donors (Lipinski definition) is 1. The maximum absolute atomic E-state index is 10.5. The zero-order valence-electron chi connectivity index (χ0n) is 11.1. The Bertz CT molecular complexity index is 232. The van der Waals surface area contributed by atoms with Gasteiger partial charge in [-0.3, -0.25) is 4.90 Å². The monoisotopic (exact) mass is 225 g/mol. The molecule has 2 heteroatoms. The van der Waals surface area contributed by atoms with Crippen LogP contribution < -0.4 is 0 Å². The van der Waals surface area contributed by atoms with E-state index in [1.807, 2.05) is 0 Å². The Morgan fingerprint density at radius 3 is 2.19 bits per heavy atom. The van der Waals surface area contributed by atoms with E-state index in [1.54, 1.807) is 0 Å². The molecule has 1 saturated carbocycles. The van der Waals surface area contributed by atoms with Crippen LogP contribution in [0.25, 0.3) is 0 Å². The lowest BCUT2D eigenvalue weighted by Crippen LogP contribution is -2.57. The van der Waals surface area contributed by atoms with Crippen molar-refractivity contribution in [1.82, 2.24) is 4.90 Å². The first-order chi connectivity index (χ1) is 7.39. The van der Waals surface area contributed by atoms with E-state index < -0.39 is 0 Å². The Kier molecular flexibility index (Phi) is 3.33. The van der Waals surface area contributed by atoms with Crippen molar-refractivity contribution in [2.45, 2.75) is 58.5 Å². The Morgan fingerprint density at radius 2 is 1.69 bits per heavy atom. The Labute approximate surface area is 100 Å². The molecule has 0 amide bonds. The summed E-state index contributed by atoms with van der Waals surface area (Å²) in [4.78, 5) is 2.45. The molecule has 94 valence electrons. The zero-order valence-corrected chi connectivity index (χ0v) is 11.1. The molecule has 0 spiro atoms. The first kappa shape index (κ1) is 12.4. The SMILES string of the molecule is CC(C)(C)C1CN(CC2(O)CCCCC2)C1.